The van der Waals surface area contributed by atoms with E-state index in [1.807, 2.05) is 30.1 Å². The molecule has 6 rings (SSSR count). The molecular weight excluding hydrogens is 487 g/mol. The van der Waals surface area contributed by atoms with E-state index in [1.54, 1.807) is 12.1 Å². The van der Waals surface area contributed by atoms with Crippen LogP contribution >= 0.6 is 12.4 Å². The highest BCUT2D eigenvalue weighted by Gasteiger charge is 2.18. The van der Waals surface area contributed by atoms with Crippen molar-refractivity contribution in [2.75, 3.05) is 31.1 Å². The molecule has 1 aliphatic rings. The fraction of sp³-hybridized carbons (Fsp3) is 0.241. The van der Waals surface area contributed by atoms with Crippen LogP contribution in [0.15, 0.2) is 67.0 Å². The van der Waals surface area contributed by atoms with Gasteiger partial charge in [0.25, 0.3) is 0 Å². The van der Waals surface area contributed by atoms with Crippen LogP contribution in [0, 0.1) is 19.7 Å². The van der Waals surface area contributed by atoms with E-state index in [2.05, 4.69) is 52.5 Å². The molecule has 2 N–H and O–H groups in total. The fourth-order valence-corrected chi connectivity index (χ4v) is 5.20. The summed E-state index contributed by atoms with van der Waals surface area (Å²) < 4.78 is 15.7. The molecule has 8 heteroatoms. The summed E-state index contributed by atoms with van der Waals surface area (Å²) in [6, 6.07) is 17.7. The predicted octanol–water partition coefficient (Wildman–Crippen LogP) is 5.73. The second-order valence-electron chi connectivity index (χ2n) is 9.44. The molecule has 0 unspecified atom stereocenters. The van der Waals surface area contributed by atoms with Crippen LogP contribution in [0.5, 0.6) is 0 Å². The van der Waals surface area contributed by atoms with Crippen molar-refractivity contribution in [2.24, 2.45) is 0 Å². The van der Waals surface area contributed by atoms with Crippen molar-refractivity contribution in [3.05, 3.63) is 89.8 Å². The molecule has 2 aromatic carbocycles. The summed E-state index contributed by atoms with van der Waals surface area (Å²) in [5, 5.41) is 9.25. The van der Waals surface area contributed by atoms with Crippen molar-refractivity contribution in [3.63, 3.8) is 0 Å². The first-order valence-electron chi connectivity index (χ1n) is 12.4. The number of aromatic nitrogens is 4. The van der Waals surface area contributed by atoms with Crippen molar-refractivity contribution in [2.45, 2.75) is 20.4 Å². The Morgan fingerprint density at radius 3 is 2.51 bits per heavy atom. The van der Waals surface area contributed by atoms with Gasteiger partial charge < -0.3 is 15.2 Å². The van der Waals surface area contributed by atoms with Gasteiger partial charge in [0, 0.05) is 72.0 Å². The molecule has 0 bridgehead atoms. The number of hydrogen-bond acceptors (Lipinski definition) is 4. The molecule has 0 radical (unpaired) electrons. The maximum Gasteiger partial charge on any atom is 0.137 e. The summed E-state index contributed by atoms with van der Waals surface area (Å²) in [6.07, 6.45) is 3.94. The number of nitrogens with one attached hydrogen (secondary N) is 2. The lowest BCUT2D eigenvalue weighted by Crippen LogP contribution is -2.43. The summed E-state index contributed by atoms with van der Waals surface area (Å²) in [5.41, 5.74) is 9.38. The van der Waals surface area contributed by atoms with Crippen molar-refractivity contribution < 1.29 is 4.39 Å². The van der Waals surface area contributed by atoms with Gasteiger partial charge in [0.1, 0.15) is 11.5 Å². The van der Waals surface area contributed by atoms with Crippen LogP contribution in [0.1, 0.15) is 17.0 Å². The molecule has 0 spiro atoms. The maximum atomic E-state index is 13.7. The minimum atomic E-state index is -0.231. The Balaban J connectivity index is 0.00000280. The average Bonchev–Trinajstić information content (AvgIpc) is 3.43. The number of hydrogen-bond donors (Lipinski definition) is 2. The second kappa shape index (κ2) is 10.4. The smallest absolute Gasteiger partial charge is 0.137 e. The molecule has 37 heavy (non-hydrogen) atoms. The fourth-order valence-electron chi connectivity index (χ4n) is 5.20. The first kappa shape index (κ1) is 25.0. The van der Waals surface area contributed by atoms with Crippen LogP contribution in [0.3, 0.4) is 0 Å². The number of aromatic amines is 1. The van der Waals surface area contributed by atoms with E-state index in [9.17, 15) is 4.39 Å². The molecule has 4 heterocycles. The Hall–Kier alpha value is -3.68. The van der Waals surface area contributed by atoms with Crippen molar-refractivity contribution in [1.29, 1.82) is 0 Å². The molecule has 0 saturated carbocycles. The number of benzene rings is 2. The van der Waals surface area contributed by atoms with E-state index in [0.29, 0.717) is 6.54 Å². The van der Waals surface area contributed by atoms with Gasteiger partial charge in [-0.1, -0.05) is 24.3 Å². The molecule has 0 aliphatic carbocycles. The lowest BCUT2D eigenvalue weighted by atomic mass is 10.0. The molecule has 1 fully saturated rings. The summed E-state index contributed by atoms with van der Waals surface area (Å²) >= 11 is 0. The molecule has 3 aromatic heterocycles. The topological polar surface area (TPSA) is 61.8 Å². The zero-order chi connectivity index (χ0) is 24.6. The highest BCUT2D eigenvalue weighted by atomic mass is 35.5. The van der Waals surface area contributed by atoms with E-state index in [1.165, 1.54) is 11.8 Å². The molecule has 6 nitrogen and oxygen atoms in total. The number of aryl methyl sites for hydroxylation is 1. The van der Waals surface area contributed by atoms with Gasteiger partial charge in [0.15, 0.2) is 0 Å². The Kier molecular flexibility index (Phi) is 7.00. The number of pyridine rings is 1. The van der Waals surface area contributed by atoms with Crippen molar-refractivity contribution in [3.8, 4) is 22.3 Å². The van der Waals surface area contributed by atoms with Gasteiger partial charge in [-0.05, 0) is 55.3 Å². The van der Waals surface area contributed by atoms with Gasteiger partial charge in [0.05, 0.1) is 12.2 Å². The maximum absolute atomic E-state index is 13.7. The zero-order valence-electron chi connectivity index (χ0n) is 21.0. The summed E-state index contributed by atoms with van der Waals surface area (Å²) in [4.78, 5) is 10.5. The Morgan fingerprint density at radius 1 is 0.973 bits per heavy atom. The number of halogens is 2. The van der Waals surface area contributed by atoms with Crippen LogP contribution in [-0.2, 0) is 6.54 Å². The van der Waals surface area contributed by atoms with Crippen LogP contribution in [0.25, 0.3) is 33.3 Å². The number of H-pyrrole nitrogens is 1. The third kappa shape index (κ3) is 4.84. The number of nitrogens with zero attached hydrogens (tertiary/aromatic N) is 4. The van der Waals surface area contributed by atoms with E-state index >= 15 is 0 Å². The highest BCUT2D eigenvalue weighted by Crippen LogP contribution is 2.35. The number of rotatable bonds is 5. The number of piperazine rings is 1. The molecular formula is C29H30ClFN6. The Labute approximate surface area is 221 Å². The first-order valence-corrected chi connectivity index (χ1v) is 12.4. The van der Waals surface area contributed by atoms with Crippen molar-refractivity contribution in [1.82, 2.24) is 25.1 Å². The lowest BCUT2D eigenvalue weighted by molar-refractivity contribution is 0.589. The van der Waals surface area contributed by atoms with Gasteiger partial charge in [-0.25, -0.2) is 9.37 Å². The standard InChI is InChI=1S/C29H29FN6.ClH/c1-19-28(20(2)36(34-19)18-21-4-3-5-24(30)14-21)27-17-33-29-26(27)15-23(16-32-29)22-6-8-25(9-7-22)35-12-10-31-11-13-35;/h3-9,14-17,31H,10-13,18H2,1-2H3,(H,32,33);1H. The van der Waals surface area contributed by atoms with Gasteiger partial charge >= 0.3 is 0 Å². The van der Waals surface area contributed by atoms with E-state index in [0.717, 1.165) is 76.4 Å². The van der Waals surface area contributed by atoms with Crippen LogP contribution < -0.4 is 10.2 Å². The van der Waals surface area contributed by atoms with Gasteiger partial charge in [0.2, 0.25) is 0 Å². The zero-order valence-corrected chi connectivity index (χ0v) is 21.8. The molecule has 1 aliphatic heterocycles. The molecule has 0 amide bonds. The van der Waals surface area contributed by atoms with Gasteiger partial charge in [-0.3, -0.25) is 4.68 Å². The average molecular weight is 517 g/mol. The third-order valence-corrected chi connectivity index (χ3v) is 7.09. The monoisotopic (exact) mass is 516 g/mol. The Bertz CT molecular complexity index is 1530. The minimum absolute atomic E-state index is 0. The van der Waals surface area contributed by atoms with E-state index in [-0.39, 0.29) is 18.2 Å². The summed E-state index contributed by atoms with van der Waals surface area (Å²) in [5.74, 6) is -0.231. The second-order valence-corrected chi connectivity index (χ2v) is 9.44. The van der Waals surface area contributed by atoms with E-state index in [4.69, 9.17) is 10.1 Å². The third-order valence-electron chi connectivity index (χ3n) is 7.09. The van der Waals surface area contributed by atoms with Crippen LogP contribution in [0.2, 0.25) is 0 Å². The summed E-state index contributed by atoms with van der Waals surface area (Å²) in [7, 11) is 0. The predicted molar refractivity (Wildman–Crippen MR) is 150 cm³/mol. The largest absolute Gasteiger partial charge is 0.369 e. The number of fused-ring (bicyclic) bond motifs is 1. The SMILES string of the molecule is Cc1nn(Cc2cccc(F)c2)c(C)c1-c1c[nH]c2ncc(-c3ccc(N4CCNCC4)cc3)cc12.Cl. The van der Waals surface area contributed by atoms with Crippen LogP contribution in [-0.4, -0.2) is 45.9 Å². The van der Waals surface area contributed by atoms with Crippen LogP contribution in [0.4, 0.5) is 10.1 Å². The highest BCUT2D eigenvalue weighted by molar-refractivity contribution is 5.97. The minimum Gasteiger partial charge on any atom is -0.369 e. The number of anilines is 1. The normalized spacial score (nSPS) is 13.6. The molecule has 0 atom stereocenters. The lowest BCUT2D eigenvalue weighted by Gasteiger charge is -2.29. The van der Waals surface area contributed by atoms with Gasteiger partial charge in [-0.15, -0.1) is 12.4 Å². The molecule has 190 valence electrons. The van der Waals surface area contributed by atoms with E-state index < -0.39 is 0 Å². The van der Waals surface area contributed by atoms with Gasteiger partial charge in [-0.2, -0.15) is 5.10 Å². The Morgan fingerprint density at radius 2 is 1.76 bits per heavy atom. The quantitative estimate of drug-likeness (QED) is 0.313. The van der Waals surface area contributed by atoms with Crippen molar-refractivity contribution >= 4 is 29.1 Å². The molecule has 5 aromatic rings. The summed E-state index contributed by atoms with van der Waals surface area (Å²) in [6.45, 7) is 8.73. The molecule has 1 saturated heterocycles. The first-order chi connectivity index (χ1) is 17.6.